The van der Waals surface area contributed by atoms with E-state index in [1.807, 2.05) is 23.6 Å². The first kappa shape index (κ1) is 24.2. The third-order valence-electron chi connectivity index (χ3n) is 5.96. The van der Waals surface area contributed by atoms with Crippen LogP contribution in [0.5, 0.6) is 0 Å². The maximum atomic E-state index is 12.6. The molecular weight excluding hydrogens is 430 g/mol. The van der Waals surface area contributed by atoms with Gasteiger partial charge in [-0.05, 0) is 23.8 Å². The first-order chi connectivity index (χ1) is 15.3. The molecule has 32 heavy (non-hydrogen) atoms. The van der Waals surface area contributed by atoms with Crippen molar-refractivity contribution in [3.8, 4) is 0 Å². The summed E-state index contributed by atoms with van der Waals surface area (Å²) in [5.74, 6) is -0.0524. The summed E-state index contributed by atoms with van der Waals surface area (Å²) in [6.07, 6.45) is 3.26. The predicted octanol–water partition coefficient (Wildman–Crippen LogP) is 0.900. The average molecular weight is 464 g/mol. The Morgan fingerprint density at radius 2 is 1.69 bits per heavy atom. The second-order valence-electron chi connectivity index (χ2n) is 7.88. The van der Waals surface area contributed by atoms with Crippen LogP contribution in [0.3, 0.4) is 0 Å². The van der Waals surface area contributed by atoms with Gasteiger partial charge in [-0.2, -0.15) is 4.31 Å². The number of carbonyl (C=O) groups is 2. The molecule has 0 atom stereocenters. The molecule has 2 heterocycles. The van der Waals surface area contributed by atoms with Gasteiger partial charge in [-0.3, -0.25) is 9.69 Å². The van der Waals surface area contributed by atoms with Gasteiger partial charge < -0.3 is 15.1 Å². The standard InChI is InChI=1S/C22H33N5O4S/c1-3-27(4-2)32(30,31)20-8-5-19(6-9-20)7-10-21(28)25-16-13-24(14-17-25)15-18-26-12-11-23-22(26)29/h5-10H,3-4,11-18H2,1-2H3,(H,23,29). The lowest BCUT2D eigenvalue weighted by atomic mass is 10.2. The molecule has 3 rings (SSSR count). The topological polar surface area (TPSA) is 93.3 Å². The van der Waals surface area contributed by atoms with Crippen molar-refractivity contribution >= 4 is 28.0 Å². The van der Waals surface area contributed by atoms with E-state index in [1.54, 1.807) is 30.3 Å². The molecule has 2 saturated heterocycles. The number of nitrogens with zero attached hydrogens (tertiary/aromatic N) is 4. The minimum atomic E-state index is -3.48. The maximum Gasteiger partial charge on any atom is 0.317 e. The number of rotatable bonds is 9. The van der Waals surface area contributed by atoms with Gasteiger partial charge in [0.1, 0.15) is 0 Å². The molecule has 1 N–H and O–H groups in total. The normalized spacial score (nSPS) is 18.0. The summed E-state index contributed by atoms with van der Waals surface area (Å²) < 4.78 is 26.5. The zero-order valence-electron chi connectivity index (χ0n) is 18.9. The molecule has 0 bridgehead atoms. The van der Waals surface area contributed by atoms with Gasteiger partial charge >= 0.3 is 6.03 Å². The van der Waals surface area contributed by atoms with Crippen molar-refractivity contribution < 1.29 is 18.0 Å². The van der Waals surface area contributed by atoms with Crippen LogP contribution >= 0.6 is 0 Å². The van der Waals surface area contributed by atoms with Crippen molar-refractivity contribution in [2.75, 3.05) is 65.4 Å². The van der Waals surface area contributed by atoms with Gasteiger partial charge in [-0.1, -0.05) is 26.0 Å². The molecule has 0 aliphatic carbocycles. The molecule has 1 aromatic carbocycles. The molecule has 1 aromatic rings. The molecule has 10 heteroatoms. The van der Waals surface area contributed by atoms with Gasteiger partial charge in [0.15, 0.2) is 0 Å². The highest BCUT2D eigenvalue weighted by Crippen LogP contribution is 2.17. The van der Waals surface area contributed by atoms with Crippen LogP contribution in [0.15, 0.2) is 35.2 Å². The van der Waals surface area contributed by atoms with E-state index in [1.165, 1.54) is 10.4 Å². The van der Waals surface area contributed by atoms with Crippen LogP contribution in [-0.2, 0) is 14.8 Å². The van der Waals surface area contributed by atoms with Gasteiger partial charge in [0, 0.05) is 71.5 Å². The van der Waals surface area contributed by atoms with E-state index < -0.39 is 10.0 Å². The van der Waals surface area contributed by atoms with Crippen molar-refractivity contribution in [2.24, 2.45) is 0 Å². The van der Waals surface area contributed by atoms with Gasteiger partial charge in [0.05, 0.1) is 4.90 Å². The van der Waals surface area contributed by atoms with Crippen LogP contribution in [0.1, 0.15) is 19.4 Å². The Bertz CT molecular complexity index is 920. The quantitative estimate of drug-likeness (QED) is 0.550. The van der Waals surface area contributed by atoms with E-state index in [0.29, 0.717) is 39.3 Å². The van der Waals surface area contributed by atoms with E-state index in [4.69, 9.17) is 0 Å². The SMILES string of the molecule is CCN(CC)S(=O)(=O)c1ccc(C=CC(=O)N2CCN(CCN3CCNC3=O)CC2)cc1. The lowest BCUT2D eigenvalue weighted by Crippen LogP contribution is -2.50. The number of carbonyl (C=O) groups excluding carboxylic acids is 2. The van der Waals surface area contributed by atoms with Crippen molar-refractivity contribution in [2.45, 2.75) is 18.7 Å². The van der Waals surface area contributed by atoms with Crippen LogP contribution in [0.2, 0.25) is 0 Å². The first-order valence-electron chi connectivity index (χ1n) is 11.2. The molecule has 176 valence electrons. The van der Waals surface area contributed by atoms with Gasteiger partial charge in [0.2, 0.25) is 15.9 Å². The van der Waals surface area contributed by atoms with Crippen LogP contribution in [0.4, 0.5) is 4.79 Å². The van der Waals surface area contributed by atoms with Crippen molar-refractivity contribution in [3.05, 3.63) is 35.9 Å². The zero-order chi connectivity index (χ0) is 23.1. The van der Waals surface area contributed by atoms with E-state index in [2.05, 4.69) is 10.2 Å². The number of urea groups is 1. The fourth-order valence-corrected chi connectivity index (χ4v) is 5.37. The Morgan fingerprint density at radius 1 is 1.03 bits per heavy atom. The number of piperazine rings is 1. The molecule has 3 amide bonds. The minimum absolute atomic E-state index is 0.00244. The van der Waals surface area contributed by atoms with Gasteiger partial charge in [-0.25, -0.2) is 13.2 Å². The van der Waals surface area contributed by atoms with Crippen molar-refractivity contribution in [1.29, 1.82) is 0 Å². The monoisotopic (exact) mass is 463 g/mol. The number of amides is 3. The molecular formula is C22H33N5O4S. The summed E-state index contributed by atoms with van der Waals surface area (Å²) in [6, 6.07) is 6.59. The summed E-state index contributed by atoms with van der Waals surface area (Å²) in [5, 5.41) is 2.80. The molecule has 0 radical (unpaired) electrons. The van der Waals surface area contributed by atoms with E-state index in [0.717, 1.165) is 31.7 Å². The predicted molar refractivity (Wildman–Crippen MR) is 124 cm³/mol. The highest BCUT2D eigenvalue weighted by molar-refractivity contribution is 7.89. The molecule has 2 aliphatic rings. The van der Waals surface area contributed by atoms with E-state index >= 15 is 0 Å². The smallest absolute Gasteiger partial charge is 0.317 e. The maximum absolute atomic E-state index is 12.6. The fourth-order valence-electron chi connectivity index (χ4n) is 3.91. The van der Waals surface area contributed by atoms with Crippen molar-refractivity contribution in [1.82, 2.24) is 24.3 Å². The molecule has 0 saturated carbocycles. The molecule has 0 unspecified atom stereocenters. The molecule has 0 aromatic heterocycles. The largest absolute Gasteiger partial charge is 0.337 e. The zero-order valence-corrected chi connectivity index (χ0v) is 19.7. The second kappa shape index (κ2) is 10.9. The van der Waals surface area contributed by atoms with Crippen LogP contribution in [0.25, 0.3) is 6.08 Å². The van der Waals surface area contributed by atoms with Crippen molar-refractivity contribution in [3.63, 3.8) is 0 Å². The summed E-state index contributed by atoms with van der Waals surface area (Å²) in [4.78, 5) is 30.3. The lowest BCUT2D eigenvalue weighted by Gasteiger charge is -2.34. The molecule has 2 aliphatic heterocycles. The highest BCUT2D eigenvalue weighted by Gasteiger charge is 2.23. The molecule has 2 fully saturated rings. The fraction of sp³-hybridized carbons (Fsp3) is 0.545. The minimum Gasteiger partial charge on any atom is -0.337 e. The van der Waals surface area contributed by atoms with E-state index in [-0.39, 0.29) is 16.8 Å². The Balaban J connectivity index is 1.47. The Morgan fingerprint density at radius 3 is 2.25 bits per heavy atom. The average Bonchev–Trinajstić information content (AvgIpc) is 3.22. The Kier molecular flexibility index (Phi) is 8.27. The number of sulfonamides is 1. The summed E-state index contributed by atoms with van der Waals surface area (Å²) >= 11 is 0. The number of hydrogen-bond acceptors (Lipinski definition) is 5. The molecule has 0 spiro atoms. The number of nitrogens with one attached hydrogen (secondary N) is 1. The first-order valence-corrected chi connectivity index (χ1v) is 12.6. The Labute approximate surface area is 190 Å². The van der Waals surface area contributed by atoms with Crippen LogP contribution < -0.4 is 5.32 Å². The van der Waals surface area contributed by atoms with E-state index in [9.17, 15) is 18.0 Å². The Hall–Kier alpha value is -2.43. The second-order valence-corrected chi connectivity index (χ2v) is 9.82. The van der Waals surface area contributed by atoms with Crippen LogP contribution in [0, 0.1) is 0 Å². The number of hydrogen-bond donors (Lipinski definition) is 1. The summed E-state index contributed by atoms with van der Waals surface area (Å²) in [6.45, 7) is 10.3. The highest BCUT2D eigenvalue weighted by atomic mass is 32.2. The number of benzene rings is 1. The lowest BCUT2D eigenvalue weighted by molar-refractivity contribution is -0.127. The van der Waals surface area contributed by atoms with Gasteiger partial charge in [0.25, 0.3) is 0 Å². The summed E-state index contributed by atoms with van der Waals surface area (Å²) in [5.41, 5.74) is 0.777. The third-order valence-corrected chi connectivity index (χ3v) is 8.02. The third kappa shape index (κ3) is 5.87. The molecule has 9 nitrogen and oxygen atoms in total. The van der Waals surface area contributed by atoms with Crippen LogP contribution in [-0.4, -0.2) is 105 Å². The van der Waals surface area contributed by atoms with Gasteiger partial charge in [-0.15, -0.1) is 0 Å². The summed E-state index contributed by atoms with van der Waals surface area (Å²) in [7, 11) is -3.48.